The fraction of sp³-hybridized carbons (Fsp3) is 0.909. The summed E-state index contributed by atoms with van der Waals surface area (Å²) < 4.78 is 0. The van der Waals surface area contributed by atoms with Gasteiger partial charge >= 0.3 is 0 Å². The molecule has 0 saturated heterocycles. The third kappa shape index (κ3) is 3.47. The number of nitrogens with two attached hydrogens (primary N) is 1. The van der Waals surface area contributed by atoms with Gasteiger partial charge in [0, 0.05) is 19.1 Å². The molecule has 0 aromatic carbocycles. The summed E-state index contributed by atoms with van der Waals surface area (Å²) in [4.78, 5) is 13.5. The van der Waals surface area contributed by atoms with Crippen LogP contribution in [-0.2, 0) is 4.79 Å². The molecule has 0 spiro atoms. The zero-order valence-corrected chi connectivity index (χ0v) is 9.83. The molecule has 88 valence electrons. The maximum atomic E-state index is 11.3. The van der Waals surface area contributed by atoms with E-state index in [1.54, 1.807) is 7.05 Å². The molecule has 0 aromatic rings. The van der Waals surface area contributed by atoms with Crippen molar-refractivity contribution in [2.24, 2.45) is 5.73 Å². The Bertz CT molecular complexity index is 208. The fourth-order valence-corrected chi connectivity index (χ4v) is 2.32. The molecule has 1 aliphatic rings. The normalized spacial score (nSPS) is 26.7. The predicted octanol–water partition coefficient (Wildman–Crippen LogP) is 0.324. The lowest BCUT2D eigenvalue weighted by atomic mass is 9.90. The molecule has 2 atom stereocenters. The minimum Gasteiger partial charge on any atom is -0.358 e. The van der Waals surface area contributed by atoms with Crippen molar-refractivity contribution >= 4 is 5.91 Å². The molecule has 0 heterocycles. The molecule has 1 fully saturated rings. The van der Waals surface area contributed by atoms with Crippen LogP contribution in [0.3, 0.4) is 0 Å². The van der Waals surface area contributed by atoms with Gasteiger partial charge in [-0.1, -0.05) is 19.8 Å². The molecule has 0 aromatic heterocycles. The Morgan fingerprint density at radius 2 is 2.13 bits per heavy atom. The highest BCUT2D eigenvalue weighted by molar-refractivity contribution is 5.77. The number of likely N-dealkylation sites (N-methyl/N-ethyl adjacent to an activating group) is 2. The number of amides is 1. The van der Waals surface area contributed by atoms with Crippen LogP contribution in [0.4, 0.5) is 0 Å². The quantitative estimate of drug-likeness (QED) is 0.707. The SMILES string of the molecule is CCN(CC(=O)NC)C1CCCCC1N. The van der Waals surface area contributed by atoms with E-state index in [9.17, 15) is 4.79 Å². The van der Waals surface area contributed by atoms with E-state index in [0.717, 1.165) is 19.4 Å². The van der Waals surface area contributed by atoms with Crippen LogP contribution in [0.2, 0.25) is 0 Å². The lowest BCUT2D eigenvalue weighted by molar-refractivity contribution is -0.122. The van der Waals surface area contributed by atoms with Crippen molar-refractivity contribution in [3.8, 4) is 0 Å². The van der Waals surface area contributed by atoms with Gasteiger partial charge in [0.2, 0.25) is 5.91 Å². The van der Waals surface area contributed by atoms with Crippen LogP contribution in [0, 0.1) is 0 Å². The minimum absolute atomic E-state index is 0.0784. The molecule has 4 heteroatoms. The molecule has 1 amide bonds. The summed E-state index contributed by atoms with van der Waals surface area (Å²) in [6.07, 6.45) is 4.69. The number of carbonyl (C=O) groups is 1. The lowest BCUT2D eigenvalue weighted by Gasteiger charge is -2.37. The number of nitrogens with one attached hydrogen (secondary N) is 1. The molecule has 1 aliphatic carbocycles. The van der Waals surface area contributed by atoms with Gasteiger partial charge in [-0.25, -0.2) is 0 Å². The van der Waals surface area contributed by atoms with Crippen LogP contribution in [0.5, 0.6) is 0 Å². The zero-order valence-electron chi connectivity index (χ0n) is 9.83. The van der Waals surface area contributed by atoms with Gasteiger partial charge in [0.1, 0.15) is 0 Å². The summed E-state index contributed by atoms with van der Waals surface area (Å²) in [7, 11) is 1.68. The van der Waals surface area contributed by atoms with Crippen molar-refractivity contribution in [3.05, 3.63) is 0 Å². The Balaban J connectivity index is 2.51. The molecule has 2 unspecified atom stereocenters. The van der Waals surface area contributed by atoms with E-state index in [1.807, 2.05) is 0 Å². The maximum absolute atomic E-state index is 11.3. The summed E-state index contributed by atoms with van der Waals surface area (Å²) in [6.45, 7) is 3.46. The topological polar surface area (TPSA) is 58.4 Å². The Morgan fingerprint density at radius 1 is 1.47 bits per heavy atom. The van der Waals surface area contributed by atoms with Gasteiger partial charge in [-0.05, 0) is 19.4 Å². The number of rotatable bonds is 4. The van der Waals surface area contributed by atoms with Crippen LogP contribution < -0.4 is 11.1 Å². The Labute approximate surface area is 92.2 Å². The zero-order chi connectivity index (χ0) is 11.3. The highest BCUT2D eigenvalue weighted by Gasteiger charge is 2.27. The van der Waals surface area contributed by atoms with E-state index < -0.39 is 0 Å². The van der Waals surface area contributed by atoms with Gasteiger partial charge in [0.05, 0.1) is 6.54 Å². The molecular formula is C11H23N3O. The van der Waals surface area contributed by atoms with Crippen molar-refractivity contribution in [3.63, 3.8) is 0 Å². The average Bonchev–Trinajstić information content (AvgIpc) is 2.26. The molecule has 0 radical (unpaired) electrons. The standard InChI is InChI=1S/C11H23N3O/c1-3-14(8-11(15)13-2)10-7-5-4-6-9(10)12/h9-10H,3-8,12H2,1-2H3,(H,13,15). The first-order chi connectivity index (χ1) is 7.19. The van der Waals surface area contributed by atoms with Gasteiger partial charge in [0.25, 0.3) is 0 Å². The third-order valence-electron chi connectivity index (χ3n) is 3.28. The highest BCUT2D eigenvalue weighted by Crippen LogP contribution is 2.21. The first kappa shape index (κ1) is 12.5. The number of hydrogen-bond acceptors (Lipinski definition) is 3. The first-order valence-corrected chi connectivity index (χ1v) is 5.89. The molecular weight excluding hydrogens is 190 g/mol. The van der Waals surface area contributed by atoms with Gasteiger partial charge in [-0.2, -0.15) is 0 Å². The minimum atomic E-state index is 0.0784. The molecule has 0 aliphatic heterocycles. The monoisotopic (exact) mass is 213 g/mol. The van der Waals surface area contributed by atoms with Crippen molar-refractivity contribution in [1.82, 2.24) is 10.2 Å². The highest BCUT2D eigenvalue weighted by atomic mass is 16.1. The van der Waals surface area contributed by atoms with E-state index in [-0.39, 0.29) is 11.9 Å². The largest absolute Gasteiger partial charge is 0.358 e. The maximum Gasteiger partial charge on any atom is 0.233 e. The van der Waals surface area contributed by atoms with Crippen LogP contribution >= 0.6 is 0 Å². The van der Waals surface area contributed by atoms with Gasteiger partial charge in [-0.15, -0.1) is 0 Å². The first-order valence-electron chi connectivity index (χ1n) is 5.89. The van der Waals surface area contributed by atoms with Crippen molar-refractivity contribution < 1.29 is 4.79 Å². The van der Waals surface area contributed by atoms with E-state index in [4.69, 9.17) is 5.73 Å². The summed E-state index contributed by atoms with van der Waals surface area (Å²) >= 11 is 0. The summed E-state index contributed by atoms with van der Waals surface area (Å²) in [5.41, 5.74) is 6.10. The van der Waals surface area contributed by atoms with Gasteiger partial charge < -0.3 is 11.1 Å². The van der Waals surface area contributed by atoms with Crippen molar-refractivity contribution in [2.45, 2.75) is 44.7 Å². The average molecular weight is 213 g/mol. The van der Waals surface area contributed by atoms with Crippen molar-refractivity contribution in [2.75, 3.05) is 20.1 Å². The van der Waals surface area contributed by atoms with E-state index in [1.165, 1.54) is 12.8 Å². The molecule has 3 N–H and O–H groups in total. The Hall–Kier alpha value is -0.610. The fourth-order valence-electron chi connectivity index (χ4n) is 2.32. The second-order valence-corrected chi connectivity index (χ2v) is 4.25. The molecule has 0 bridgehead atoms. The van der Waals surface area contributed by atoms with E-state index in [0.29, 0.717) is 12.6 Å². The number of carbonyl (C=O) groups excluding carboxylic acids is 1. The van der Waals surface area contributed by atoms with Crippen LogP contribution in [0.15, 0.2) is 0 Å². The second-order valence-electron chi connectivity index (χ2n) is 4.25. The predicted molar refractivity (Wildman–Crippen MR) is 61.5 cm³/mol. The summed E-state index contributed by atoms with van der Waals surface area (Å²) in [5.74, 6) is 0.0784. The molecule has 15 heavy (non-hydrogen) atoms. The molecule has 1 saturated carbocycles. The summed E-state index contributed by atoms with van der Waals surface area (Å²) in [6, 6.07) is 0.629. The van der Waals surface area contributed by atoms with E-state index in [2.05, 4.69) is 17.1 Å². The van der Waals surface area contributed by atoms with Crippen molar-refractivity contribution in [1.29, 1.82) is 0 Å². The van der Waals surface area contributed by atoms with Gasteiger partial charge in [0.15, 0.2) is 0 Å². The molecule has 1 rings (SSSR count). The third-order valence-corrected chi connectivity index (χ3v) is 3.28. The number of nitrogens with zero attached hydrogens (tertiary/aromatic N) is 1. The van der Waals surface area contributed by atoms with Crippen LogP contribution in [-0.4, -0.2) is 43.0 Å². The lowest BCUT2D eigenvalue weighted by Crippen LogP contribution is -2.52. The smallest absolute Gasteiger partial charge is 0.233 e. The second kappa shape index (κ2) is 6.08. The van der Waals surface area contributed by atoms with Crippen LogP contribution in [0.1, 0.15) is 32.6 Å². The Kier molecular flexibility index (Phi) is 5.05. The van der Waals surface area contributed by atoms with Gasteiger partial charge in [-0.3, -0.25) is 9.69 Å². The molecule has 4 nitrogen and oxygen atoms in total. The van der Waals surface area contributed by atoms with Crippen LogP contribution in [0.25, 0.3) is 0 Å². The Morgan fingerprint density at radius 3 is 2.67 bits per heavy atom. The number of hydrogen-bond donors (Lipinski definition) is 2. The van der Waals surface area contributed by atoms with E-state index >= 15 is 0 Å². The summed E-state index contributed by atoms with van der Waals surface area (Å²) in [5, 5.41) is 2.66.